The van der Waals surface area contributed by atoms with Crippen molar-refractivity contribution in [3.8, 4) is 0 Å². The van der Waals surface area contributed by atoms with Crippen molar-refractivity contribution in [3.63, 3.8) is 0 Å². The molecule has 0 bridgehead atoms. The average molecular weight is 287 g/mol. The summed E-state index contributed by atoms with van der Waals surface area (Å²) < 4.78 is 24.1. The molecule has 0 saturated heterocycles. The highest BCUT2D eigenvalue weighted by molar-refractivity contribution is 9.10. The van der Waals surface area contributed by atoms with E-state index in [1.807, 2.05) is 0 Å². The van der Waals surface area contributed by atoms with Crippen LogP contribution in [0.1, 0.15) is 12.0 Å². The lowest BCUT2D eigenvalue weighted by Gasteiger charge is -2.01. The van der Waals surface area contributed by atoms with E-state index in [1.165, 1.54) is 5.41 Å². The number of hydrogen-bond donors (Lipinski definition) is 0. The zero-order chi connectivity index (χ0) is 11.1. The summed E-state index contributed by atoms with van der Waals surface area (Å²) in [6, 6.07) is 4.94. The fourth-order valence-corrected chi connectivity index (χ4v) is 3.40. The number of sulfone groups is 1. The fraction of sp³-hybridized carbons (Fsp3) is 0.100. The molecule has 15 heavy (non-hydrogen) atoms. The van der Waals surface area contributed by atoms with Crippen LogP contribution in [0.2, 0.25) is 0 Å². The number of hydrogen-bond acceptors (Lipinski definition) is 3. The lowest BCUT2D eigenvalue weighted by Crippen LogP contribution is -1.92. The topological polar surface area (TPSA) is 51.2 Å². The first-order valence-corrected chi connectivity index (χ1v) is 6.58. The van der Waals surface area contributed by atoms with Crippen LogP contribution in [0.3, 0.4) is 0 Å². The molecule has 1 aromatic carbocycles. The van der Waals surface area contributed by atoms with Crippen molar-refractivity contribution in [3.05, 3.63) is 33.6 Å². The minimum Gasteiger partial charge on any atom is -0.303 e. The first-order valence-electron chi connectivity index (χ1n) is 4.24. The van der Waals surface area contributed by atoms with Gasteiger partial charge in [0, 0.05) is 16.3 Å². The van der Waals surface area contributed by atoms with Crippen LogP contribution < -0.4 is 0 Å². The van der Waals surface area contributed by atoms with E-state index in [2.05, 4.69) is 15.9 Å². The molecule has 0 spiro atoms. The summed E-state index contributed by atoms with van der Waals surface area (Å²) in [6.45, 7) is 0. The summed E-state index contributed by atoms with van der Waals surface area (Å²) in [5.74, 6) is 0. The predicted molar refractivity (Wildman–Crippen MR) is 60.0 cm³/mol. The minimum absolute atomic E-state index is 0.128. The molecule has 0 aliphatic carbocycles. The number of fused-ring (bicyclic) bond motifs is 1. The molecule has 78 valence electrons. The van der Waals surface area contributed by atoms with Gasteiger partial charge in [0.1, 0.15) is 6.29 Å². The van der Waals surface area contributed by atoms with Crippen molar-refractivity contribution >= 4 is 37.6 Å². The van der Waals surface area contributed by atoms with Crippen LogP contribution in [-0.4, -0.2) is 14.7 Å². The van der Waals surface area contributed by atoms with E-state index in [4.69, 9.17) is 0 Å². The summed E-state index contributed by atoms with van der Waals surface area (Å²) in [5, 5.41) is 1.17. The van der Waals surface area contributed by atoms with Gasteiger partial charge in [-0.2, -0.15) is 0 Å². The maximum Gasteiger partial charge on any atom is 0.200 e. The number of allylic oxidation sites excluding steroid dienone is 1. The third-order valence-electron chi connectivity index (χ3n) is 2.19. The van der Waals surface area contributed by atoms with Gasteiger partial charge in [-0.3, -0.25) is 0 Å². The van der Waals surface area contributed by atoms with Gasteiger partial charge in [-0.05, 0) is 29.3 Å². The van der Waals surface area contributed by atoms with Gasteiger partial charge in [0.15, 0.2) is 0 Å². The van der Waals surface area contributed by atoms with Crippen LogP contribution in [0.15, 0.2) is 33.0 Å². The first-order chi connectivity index (χ1) is 7.04. The van der Waals surface area contributed by atoms with Crippen molar-refractivity contribution in [1.82, 2.24) is 0 Å². The first kappa shape index (κ1) is 10.6. The van der Waals surface area contributed by atoms with Crippen LogP contribution in [0.4, 0.5) is 0 Å². The summed E-state index contributed by atoms with van der Waals surface area (Å²) in [7, 11) is -3.34. The van der Waals surface area contributed by atoms with Crippen LogP contribution in [0.25, 0.3) is 5.57 Å². The second-order valence-corrected chi connectivity index (χ2v) is 5.88. The van der Waals surface area contributed by atoms with Gasteiger partial charge >= 0.3 is 0 Å². The molecule has 0 N–H and O–H groups in total. The van der Waals surface area contributed by atoms with Crippen molar-refractivity contribution < 1.29 is 13.2 Å². The van der Waals surface area contributed by atoms with E-state index >= 15 is 0 Å². The summed E-state index contributed by atoms with van der Waals surface area (Å²) in [6.07, 6.45) is 0.833. The smallest absolute Gasteiger partial charge is 0.200 e. The zero-order valence-electron chi connectivity index (χ0n) is 7.60. The summed E-state index contributed by atoms with van der Waals surface area (Å²) >= 11 is 3.27. The summed E-state index contributed by atoms with van der Waals surface area (Å²) in [5.41, 5.74) is 1.18. The Labute approximate surface area is 95.9 Å². The molecule has 0 atom stereocenters. The van der Waals surface area contributed by atoms with E-state index in [-0.39, 0.29) is 11.3 Å². The number of benzene rings is 1. The second kappa shape index (κ2) is 3.57. The third-order valence-corrected chi connectivity index (χ3v) is 4.25. The number of carbonyl (C=O) groups excluding carboxylic acids is 1. The van der Waals surface area contributed by atoms with Crippen LogP contribution in [0, 0.1) is 0 Å². The van der Waals surface area contributed by atoms with E-state index < -0.39 is 9.84 Å². The molecule has 0 radical (unpaired) electrons. The molecule has 0 aromatic heterocycles. The van der Waals surface area contributed by atoms with Gasteiger partial charge in [-0.1, -0.05) is 15.9 Å². The highest BCUT2D eigenvalue weighted by atomic mass is 79.9. The fourth-order valence-electron chi connectivity index (χ4n) is 1.56. The SMILES string of the molecule is O=CCC1=CS(=O)(=O)c2ccc(Br)cc21. The molecule has 1 aliphatic rings. The normalized spacial score (nSPS) is 17.0. The Morgan fingerprint density at radius 1 is 1.33 bits per heavy atom. The number of carbonyl (C=O) groups is 1. The van der Waals surface area contributed by atoms with E-state index in [9.17, 15) is 13.2 Å². The lowest BCUT2D eigenvalue weighted by molar-refractivity contribution is -0.107. The van der Waals surface area contributed by atoms with Crippen LogP contribution >= 0.6 is 15.9 Å². The Morgan fingerprint density at radius 2 is 2.07 bits per heavy atom. The molecule has 5 heteroatoms. The Morgan fingerprint density at radius 3 is 2.73 bits per heavy atom. The Hall–Kier alpha value is -0.940. The van der Waals surface area contributed by atoms with Gasteiger partial charge in [0.05, 0.1) is 4.90 Å². The molecule has 1 aliphatic heterocycles. The molecule has 3 nitrogen and oxygen atoms in total. The molecule has 0 unspecified atom stereocenters. The van der Waals surface area contributed by atoms with Crippen molar-refractivity contribution in [2.24, 2.45) is 0 Å². The van der Waals surface area contributed by atoms with Gasteiger partial charge in [0.25, 0.3) is 0 Å². The van der Waals surface area contributed by atoms with E-state index in [1.54, 1.807) is 18.2 Å². The minimum atomic E-state index is -3.34. The molecule has 2 rings (SSSR count). The zero-order valence-corrected chi connectivity index (χ0v) is 10.0. The maximum absolute atomic E-state index is 11.6. The van der Waals surface area contributed by atoms with Crippen molar-refractivity contribution in [2.75, 3.05) is 0 Å². The number of rotatable bonds is 2. The molecular weight excluding hydrogens is 280 g/mol. The lowest BCUT2D eigenvalue weighted by atomic mass is 10.1. The highest BCUT2D eigenvalue weighted by Crippen LogP contribution is 2.36. The highest BCUT2D eigenvalue weighted by Gasteiger charge is 2.26. The Kier molecular flexibility index (Phi) is 2.52. The van der Waals surface area contributed by atoms with Crippen LogP contribution in [0.5, 0.6) is 0 Å². The number of halogens is 1. The van der Waals surface area contributed by atoms with Crippen LogP contribution in [-0.2, 0) is 14.6 Å². The molecule has 1 aromatic rings. The van der Waals surface area contributed by atoms with Gasteiger partial charge in [0.2, 0.25) is 9.84 Å². The molecule has 0 saturated carbocycles. The molecule has 0 amide bonds. The maximum atomic E-state index is 11.6. The largest absolute Gasteiger partial charge is 0.303 e. The molecular formula is C10H7BrO3S. The van der Waals surface area contributed by atoms with Gasteiger partial charge in [-0.15, -0.1) is 0 Å². The van der Waals surface area contributed by atoms with Gasteiger partial charge in [-0.25, -0.2) is 8.42 Å². The second-order valence-electron chi connectivity index (χ2n) is 3.20. The molecule has 0 fully saturated rings. The predicted octanol–water partition coefficient (Wildman–Crippen LogP) is 2.17. The van der Waals surface area contributed by atoms with Crippen molar-refractivity contribution in [1.29, 1.82) is 0 Å². The molecule has 1 heterocycles. The van der Waals surface area contributed by atoms with E-state index in [0.717, 1.165) is 4.47 Å². The van der Waals surface area contributed by atoms with E-state index in [0.29, 0.717) is 17.4 Å². The van der Waals surface area contributed by atoms with Crippen molar-refractivity contribution in [2.45, 2.75) is 11.3 Å². The average Bonchev–Trinajstić information content (AvgIpc) is 2.39. The summed E-state index contributed by atoms with van der Waals surface area (Å²) in [4.78, 5) is 10.7. The third kappa shape index (κ3) is 1.77. The standard InChI is InChI=1S/C10H7BrO3S/c11-8-1-2-10-9(5-8)7(3-4-12)6-15(10,13)14/h1-2,4-6H,3H2. The number of aldehydes is 1. The Bertz CT molecular complexity index is 558. The quantitative estimate of drug-likeness (QED) is 0.783. The monoisotopic (exact) mass is 286 g/mol. The Balaban J connectivity index is 2.68. The van der Waals surface area contributed by atoms with Gasteiger partial charge < -0.3 is 4.79 Å².